The minimum absolute atomic E-state index is 0.114. The van der Waals surface area contributed by atoms with Gasteiger partial charge in [-0.05, 0) is 30.0 Å². The molecular weight excluding hydrogens is 264 g/mol. The van der Waals surface area contributed by atoms with Gasteiger partial charge in [-0.1, -0.05) is 32.9 Å². The summed E-state index contributed by atoms with van der Waals surface area (Å²) in [6.45, 7) is 10.0. The van der Waals surface area contributed by atoms with E-state index in [0.29, 0.717) is 6.61 Å². The number of aromatic amines is 1. The van der Waals surface area contributed by atoms with Crippen molar-refractivity contribution in [3.63, 3.8) is 0 Å². The molecule has 0 spiro atoms. The Morgan fingerprint density at radius 1 is 1.24 bits per heavy atom. The highest BCUT2D eigenvalue weighted by Crippen LogP contribution is 2.24. The summed E-state index contributed by atoms with van der Waals surface area (Å²) in [4.78, 5) is 4.12. The molecule has 2 aromatic rings. The molecular formula is C16H24N4O. The maximum atomic E-state index is 5.73. The van der Waals surface area contributed by atoms with Crippen LogP contribution in [0.1, 0.15) is 45.1 Å². The zero-order valence-electron chi connectivity index (χ0n) is 13.2. The molecule has 0 aliphatic carbocycles. The van der Waals surface area contributed by atoms with Crippen molar-refractivity contribution < 1.29 is 4.74 Å². The molecule has 1 aromatic heterocycles. The second-order valence-corrected chi connectivity index (χ2v) is 6.16. The summed E-state index contributed by atoms with van der Waals surface area (Å²) < 4.78 is 5.73. The molecule has 2 N–H and O–H groups in total. The number of ether oxygens (including phenoxy) is 1. The van der Waals surface area contributed by atoms with Gasteiger partial charge < -0.3 is 10.1 Å². The molecule has 0 bridgehead atoms. The molecule has 21 heavy (non-hydrogen) atoms. The second-order valence-electron chi connectivity index (χ2n) is 6.16. The number of hydrogen-bond acceptors (Lipinski definition) is 4. The topological polar surface area (TPSA) is 62.8 Å². The molecule has 5 heteroatoms. The van der Waals surface area contributed by atoms with E-state index in [1.165, 1.54) is 5.56 Å². The van der Waals surface area contributed by atoms with Crippen LogP contribution >= 0.6 is 0 Å². The molecule has 1 aromatic carbocycles. The van der Waals surface area contributed by atoms with Crippen molar-refractivity contribution in [2.24, 2.45) is 0 Å². The van der Waals surface area contributed by atoms with Crippen LogP contribution in [0.5, 0.6) is 5.75 Å². The van der Waals surface area contributed by atoms with Crippen LogP contribution in [-0.4, -0.2) is 28.3 Å². The zero-order valence-corrected chi connectivity index (χ0v) is 13.2. The van der Waals surface area contributed by atoms with E-state index in [1.54, 1.807) is 6.33 Å². The lowest BCUT2D eigenvalue weighted by atomic mass is 9.87. The first-order valence-electron chi connectivity index (χ1n) is 7.29. The Morgan fingerprint density at radius 3 is 2.52 bits per heavy atom. The lowest BCUT2D eigenvalue weighted by Crippen LogP contribution is -2.25. The molecule has 114 valence electrons. The smallest absolute Gasteiger partial charge is 0.166 e. The predicted octanol–water partition coefficient (Wildman–Crippen LogP) is 2.83. The number of aromatic nitrogens is 3. The van der Waals surface area contributed by atoms with Gasteiger partial charge in [0.05, 0.1) is 6.04 Å². The van der Waals surface area contributed by atoms with Crippen LogP contribution in [0.3, 0.4) is 0 Å². The lowest BCUT2D eigenvalue weighted by molar-refractivity contribution is 0.306. The summed E-state index contributed by atoms with van der Waals surface area (Å²) in [5.41, 5.74) is 1.48. The largest absolute Gasteiger partial charge is 0.492 e. The fourth-order valence-corrected chi connectivity index (χ4v) is 2.01. The van der Waals surface area contributed by atoms with E-state index in [-0.39, 0.29) is 11.5 Å². The van der Waals surface area contributed by atoms with Crippen LogP contribution in [0.25, 0.3) is 0 Å². The van der Waals surface area contributed by atoms with E-state index in [2.05, 4.69) is 53.4 Å². The third-order valence-corrected chi connectivity index (χ3v) is 3.36. The molecule has 0 fully saturated rings. The van der Waals surface area contributed by atoms with Crippen molar-refractivity contribution in [3.05, 3.63) is 42.0 Å². The Bertz CT molecular complexity index is 528. The maximum absolute atomic E-state index is 5.73. The summed E-state index contributed by atoms with van der Waals surface area (Å²) in [6, 6.07) is 8.42. The Kier molecular flexibility index (Phi) is 4.96. The minimum Gasteiger partial charge on any atom is -0.492 e. The highest BCUT2D eigenvalue weighted by atomic mass is 16.5. The predicted molar refractivity (Wildman–Crippen MR) is 83.4 cm³/mol. The third-order valence-electron chi connectivity index (χ3n) is 3.36. The van der Waals surface area contributed by atoms with E-state index in [0.717, 1.165) is 18.1 Å². The molecule has 5 nitrogen and oxygen atoms in total. The molecule has 0 saturated carbocycles. The van der Waals surface area contributed by atoms with Crippen molar-refractivity contribution >= 4 is 0 Å². The van der Waals surface area contributed by atoms with E-state index in [4.69, 9.17) is 4.74 Å². The Balaban J connectivity index is 1.74. The fourth-order valence-electron chi connectivity index (χ4n) is 2.01. The zero-order chi connectivity index (χ0) is 15.3. The molecule has 1 unspecified atom stereocenters. The van der Waals surface area contributed by atoms with Crippen LogP contribution in [-0.2, 0) is 5.41 Å². The second kappa shape index (κ2) is 6.72. The van der Waals surface area contributed by atoms with Crippen LogP contribution in [0, 0.1) is 0 Å². The Hall–Kier alpha value is -1.88. The average Bonchev–Trinajstić information content (AvgIpc) is 2.97. The van der Waals surface area contributed by atoms with E-state index >= 15 is 0 Å². The number of hydrogen-bond donors (Lipinski definition) is 2. The summed E-state index contributed by atoms with van der Waals surface area (Å²) in [6.07, 6.45) is 1.58. The van der Waals surface area contributed by atoms with Crippen molar-refractivity contribution in [3.8, 4) is 5.75 Å². The molecule has 1 heterocycles. The summed E-state index contributed by atoms with van der Waals surface area (Å²) in [5.74, 6) is 1.67. The first-order valence-corrected chi connectivity index (χ1v) is 7.29. The van der Waals surface area contributed by atoms with Gasteiger partial charge in [0.1, 0.15) is 18.7 Å². The average molecular weight is 288 g/mol. The van der Waals surface area contributed by atoms with Crippen LogP contribution < -0.4 is 10.1 Å². The SMILES string of the molecule is CC(NCCOc1ccc(C(C)(C)C)cc1)c1nc[nH]n1. The van der Waals surface area contributed by atoms with Gasteiger partial charge in [0.25, 0.3) is 0 Å². The van der Waals surface area contributed by atoms with Crippen LogP contribution in [0.15, 0.2) is 30.6 Å². The number of benzene rings is 1. The van der Waals surface area contributed by atoms with Crippen molar-refractivity contribution in [1.82, 2.24) is 20.5 Å². The first kappa shape index (κ1) is 15.5. The van der Waals surface area contributed by atoms with Gasteiger partial charge >= 0.3 is 0 Å². The number of H-pyrrole nitrogens is 1. The number of nitrogens with one attached hydrogen (secondary N) is 2. The van der Waals surface area contributed by atoms with Gasteiger partial charge in [0.15, 0.2) is 5.82 Å². The molecule has 0 radical (unpaired) electrons. The quantitative estimate of drug-likeness (QED) is 0.802. The number of nitrogens with zero attached hydrogens (tertiary/aromatic N) is 2. The van der Waals surface area contributed by atoms with Gasteiger partial charge in [0.2, 0.25) is 0 Å². The van der Waals surface area contributed by atoms with Gasteiger partial charge in [-0.25, -0.2) is 4.98 Å². The summed E-state index contributed by atoms with van der Waals surface area (Å²) in [7, 11) is 0. The molecule has 0 amide bonds. The van der Waals surface area contributed by atoms with Gasteiger partial charge in [-0.2, -0.15) is 5.10 Å². The van der Waals surface area contributed by atoms with Gasteiger partial charge in [-0.15, -0.1) is 0 Å². The molecule has 2 rings (SSSR count). The van der Waals surface area contributed by atoms with Crippen molar-refractivity contribution in [2.75, 3.05) is 13.2 Å². The van der Waals surface area contributed by atoms with E-state index in [1.807, 2.05) is 19.1 Å². The Morgan fingerprint density at radius 2 is 1.95 bits per heavy atom. The van der Waals surface area contributed by atoms with Gasteiger partial charge in [0, 0.05) is 6.54 Å². The lowest BCUT2D eigenvalue weighted by Gasteiger charge is -2.19. The highest BCUT2D eigenvalue weighted by molar-refractivity contribution is 5.31. The van der Waals surface area contributed by atoms with Gasteiger partial charge in [-0.3, -0.25) is 5.10 Å². The fraction of sp³-hybridized carbons (Fsp3) is 0.500. The summed E-state index contributed by atoms with van der Waals surface area (Å²) >= 11 is 0. The molecule has 0 aliphatic heterocycles. The number of rotatable bonds is 6. The monoisotopic (exact) mass is 288 g/mol. The normalized spacial score (nSPS) is 13.1. The molecule has 0 aliphatic rings. The van der Waals surface area contributed by atoms with E-state index in [9.17, 15) is 0 Å². The minimum atomic E-state index is 0.114. The standard InChI is InChI=1S/C16H24N4O/c1-12(15-18-11-19-20-15)17-9-10-21-14-7-5-13(6-8-14)16(2,3)4/h5-8,11-12,17H,9-10H2,1-4H3,(H,18,19,20). The maximum Gasteiger partial charge on any atom is 0.166 e. The molecule has 1 atom stereocenters. The van der Waals surface area contributed by atoms with Crippen molar-refractivity contribution in [2.45, 2.75) is 39.2 Å². The van der Waals surface area contributed by atoms with Crippen LogP contribution in [0.2, 0.25) is 0 Å². The first-order chi connectivity index (χ1) is 9.97. The highest BCUT2D eigenvalue weighted by Gasteiger charge is 2.13. The van der Waals surface area contributed by atoms with Crippen LogP contribution in [0.4, 0.5) is 0 Å². The molecule has 0 saturated heterocycles. The van der Waals surface area contributed by atoms with E-state index < -0.39 is 0 Å². The van der Waals surface area contributed by atoms with Crippen molar-refractivity contribution in [1.29, 1.82) is 0 Å². The Labute approximate surface area is 126 Å². The third kappa shape index (κ3) is 4.56. The summed E-state index contributed by atoms with van der Waals surface area (Å²) in [5, 5.41) is 10.1.